The number of nitrogens with zero attached hydrogens (tertiary/aromatic N) is 1. The molecule has 1 aromatic carbocycles. The highest BCUT2D eigenvalue weighted by Gasteiger charge is 2.30. The topological polar surface area (TPSA) is 55.8 Å². The molecule has 1 atom stereocenters. The van der Waals surface area contributed by atoms with E-state index in [1.165, 1.54) is 0 Å². The first kappa shape index (κ1) is 18.0. The Morgan fingerprint density at radius 3 is 2.79 bits per heavy atom. The van der Waals surface area contributed by atoms with Crippen molar-refractivity contribution in [1.29, 1.82) is 0 Å². The lowest BCUT2D eigenvalue weighted by Crippen LogP contribution is -2.42. The lowest BCUT2D eigenvalue weighted by molar-refractivity contribution is -0.149. The first-order valence-electron chi connectivity index (χ1n) is 8.35. The summed E-state index contributed by atoms with van der Waals surface area (Å²) in [5, 5.41) is 0. The van der Waals surface area contributed by atoms with Crippen LogP contribution in [0, 0.1) is 5.92 Å². The van der Waals surface area contributed by atoms with E-state index in [1.807, 2.05) is 19.1 Å². The Morgan fingerprint density at radius 2 is 2.08 bits per heavy atom. The van der Waals surface area contributed by atoms with Crippen LogP contribution in [0.1, 0.15) is 37.0 Å². The van der Waals surface area contributed by atoms with Gasteiger partial charge in [0.2, 0.25) is 0 Å². The fraction of sp³-hybridized carbons (Fsp3) is 0.474. The highest BCUT2D eigenvalue weighted by atomic mass is 16.5. The van der Waals surface area contributed by atoms with Crippen molar-refractivity contribution in [3.63, 3.8) is 0 Å². The lowest BCUT2D eigenvalue weighted by Gasteiger charge is -2.32. The molecule has 130 valence electrons. The highest BCUT2D eigenvalue weighted by molar-refractivity contribution is 5.97. The van der Waals surface area contributed by atoms with E-state index in [0.29, 0.717) is 37.6 Å². The molecule has 1 aliphatic rings. The number of hydrogen-bond acceptors (Lipinski definition) is 4. The maximum atomic E-state index is 12.9. The number of likely N-dealkylation sites (tertiary alicyclic amines) is 1. The Bertz CT molecular complexity index is 611. The summed E-state index contributed by atoms with van der Waals surface area (Å²) in [5.74, 6) is -0.0296. The molecule has 1 aromatic rings. The van der Waals surface area contributed by atoms with Crippen LogP contribution in [0.25, 0.3) is 0 Å². The van der Waals surface area contributed by atoms with E-state index in [0.717, 1.165) is 18.4 Å². The van der Waals surface area contributed by atoms with Gasteiger partial charge in [0.25, 0.3) is 5.91 Å². The number of benzene rings is 1. The molecule has 1 fully saturated rings. The number of rotatable bonds is 6. The Kier molecular flexibility index (Phi) is 6.41. The van der Waals surface area contributed by atoms with Crippen molar-refractivity contribution in [2.24, 2.45) is 5.92 Å². The molecule has 0 unspecified atom stereocenters. The SMILES string of the molecule is C=C(C)COc1ccccc1C(=O)N1CCC[C@@H](C(=O)OCC)C1. The van der Waals surface area contributed by atoms with Crippen molar-refractivity contribution in [3.05, 3.63) is 42.0 Å². The predicted molar refractivity (Wildman–Crippen MR) is 92.0 cm³/mol. The van der Waals surface area contributed by atoms with Gasteiger partial charge < -0.3 is 14.4 Å². The van der Waals surface area contributed by atoms with Crippen LogP contribution in [0.3, 0.4) is 0 Å². The summed E-state index contributed by atoms with van der Waals surface area (Å²) in [4.78, 5) is 26.5. The zero-order valence-electron chi connectivity index (χ0n) is 14.4. The normalized spacial score (nSPS) is 17.2. The zero-order valence-corrected chi connectivity index (χ0v) is 14.4. The molecule has 2 rings (SSSR count). The molecule has 1 aliphatic heterocycles. The van der Waals surface area contributed by atoms with Gasteiger partial charge in [0.1, 0.15) is 12.4 Å². The summed E-state index contributed by atoms with van der Waals surface area (Å²) in [6.45, 7) is 9.24. The van der Waals surface area contributed by atoms with Crippen LogP contribution < -0.4 is 4.74 Å². The molecule has 1 saturated heterocycles. The molecule has 1 amide bonds. The molecule has 0 N–H and O–H groups in total. The number of esters is 1. The third kappa shape index (κ3) is 4.60. The molecule has 0 aromatic heterocycles. The molecule has 24 heavy (non-hydrogen) atoms. The standard InChI is InChI=1S/C19H25NO4/c1-4-23-19(22)15-8-7-11-20(12-15)18(21)16-9-5-6-10-17(16)24-13-14(2)3/h5-6,9-10,15H,2,4,7-8,11-13H2,1,3H3/t15-/m1/s1. The molecule has 5 heteroatoms. The Morgan fingerprint density at radius 1 is 1.33 bits per heavy atom. The van der Waals surface area contributed by atoms with Crippen molar-refractivity contribution in [2.75, 3.05) is 26.3 Å². The zero-order chi connectivity index (χ0) is 17.5. The molecule has 5 nitrogen and oxygen atoms in total. The summed E-state index contributed by atoms with van der Waals surface area (Å²) in [5.41, 5.74) is 1.40. The summed E-state index contributed by atoms with van der Waals surface area (Å²) >= 11 is 0. The summed E-state index contributed by atoms with van der Waals surface area (Å²) in [7, 11) is 0. The second-order valence-electron chi connectivity index (χ2n) is 6.08. The first-order valence-corrected chi connectivity index (χ1v) is 8.35. The van der Waals surface area contributed by atoms with Gasteiger partial charge in [0, 0.05) is 13.1 Å². The molecule has 0 bridgehead atoms. The van der Waals surface area contributed by atoms with Gasteiger partial charge in [-0.2, -0.15) is 0 Å². The van der Waals surface area contributed by atoms with Gasteiger partial charge in [-0.3, -0.25) is 9.59 Å². The Labute approximate surface area is 143 Å². The number of carbonyl (C=O) groups excluding carboxylic acids is 2. The van der Waals surface area contributed by atoms with Crippen LogP contribution in [0.15, 0.2) is 36.4 Å². The van der Waals surface area contributed by atoms with Crippen LogP contribution in [-0.4, -0.2) is 43.1 Å². The van der Waals surface area contributed by atoms with Crippen LogP contribution in [0.2, 0.25) is 0 Å². The fourth-order valence-electron chi connectivity index (χ4n) is 2.75. The second-order valence-corrected chi connectivity index (χ2v) is 6.08. The van der Waals surface area contributed by atoms with Crippen molar-refractivity contribution in [3.8, 4) is 5.75 Å². The van der Waals surface area contributed by atoms with Crippen LogP contribution in [0.4, 0.5) is 0 Å². The highest BCUT2D eigenvalue weighted by Crippen LogP contribution is 2.24. The summed E-state index contributed by atoms with van der Waals surface area (Å²) < 4.78 is 10.8. The first-order chi connectivity index (χ1) is 11.5. The minimum absolute atomic E-state index is 0.110. The Balaban J connectivity index is 2.10. The number of para-hydroxylation sites is 1. The fourth-order valence-corrected chi connectivity index (χ4v) is 2.75. The van der Waals surface area contributed by atoms with Crippen molar-refractivity contribution >= 4 is 11.9 Å². The van der Waals surface area contributed by atoms with E-state index < -0.39 is 0 Å². The minimum atomic E-state index is -0.244. The van der Waals surface area contributed by atoms with Gasteiger partial charge in [0.15, 0.2) is 0 Å². The number of carbonyl (C=O) groups is 2. The van der Waals surface area contributed by atoms with Gasteiger partial charge in [0.05, 0.1) is 18.1 Å². The monoisotopic (exact) mass is 331 g/mol. The van der Waals surface area contributed by atoms with E-state index in [1.54, 1.807) is 24.0 Å². The third-order valence-electron chi connectivity index (χ3n) is 3.92. The van der Waals surface area contributed by atoms with Gasteiger partial charge in [-0.1, -0.05) is 18.7 Å². The van der Waals surface area contributed by atoms with E-state index in [4.69, 9.17) is 9.47 Å². The van der Waals surface area contributed by atoms with E-state index in [-0.39, 0.29) is 17.8 Å². The summed E-state index contributed by atoms with van der Waals surface area (Å²) in [6.07, 6.45) is 1.56. The van der Waals surface area contributed by atoms with E-state index in [2.05, 4.69) is 6.58 Å². The van der Waals surface area contributed by atoms with Gasteiger partial charge in [-0.05, 0) is 44.4 Å². The van der Waals surface area contributed by atoms with Crippen LogP contribution in [0.5, 0.6) is 5.75 Å². The molecular weight excluding hydrogens is 306 g/mol. The van der Waals surface area contributed by atoms with Crippen LogP contribution in [-0.2, 0) is 9.53 Å². The Hall–Kier alpha value is -2.30. The quantitative estimate of drug-likeness (QED) is 0.594. The van der Waals surface area contributed by atoms with Crippen molar-refractivity contribution in [1.82, 2.24) is 4.90 Å². The maximum Gasteiger partial charge on any atom is 0.310 e. The smallest absolute Gasteiger partial charge is 0.310 e. The molecule has 0 aliphatic carbocycles. The summed E-state index contributed by atoms with van der Waals surface area (Å²) in [6, 6.07) is 7.18. The number of piperidine rings is 1. The second kappa shape index (κ2) is 8.52. The van der Waals surface area contributed by atoms with Gasteiger partial charge in [-0.25, -0.2) is 0 Å². The molecular formula is C19H25NO4. The minimum Gasteiger partial charge on any atom is -0.488 e. The van der Waals surface area contributed by atoms with Crippen molar-refractivity contribution in [2.45, 2.75) is 26.7 Å². The number of amides is 1. The average molecular weight is 331 g/mol. The number of hydrogen-bond donors (Lipinski definition) is 0. The average Bonchev–Trinajstić information content (AvgIpc) is 2.60. The third-order valence-corrected chi connectivity index (χ3v) is 3.92. The van der Waals surface area contributed by atoms with E-state index in [9.17, 15) is 9.59 Å². The van der Waals surface area contributed by atoms with Crippen molar-refractivity contribution < 1.29 is 19.1 Å². The number of ether oxygens (including phenoxy) is 2. The van der Waals surface area contributed by atoms with E-state index >= 15 is 0 Å². The largest absolute Gasteiger partial charge is 0.488 e. The molecule has 1 heterocycles. The van der Waals surface area contributed by atoms with Crippen LogP contribution >= 0.6 is 0 Å². The predicted octanol–water partition coefficient (Wildman–Crippen LogP) is 3.06. The molecule has 0 saturated carbocycles. The van der Waals surface area contributed by atoms with Gasteiger partial charge >= 0.3 is 5.97 Å². The molecule has 0 radical (unpaired) electrons. The lowest BCUT2D eigenvalue weighted by atomic mass is 9.97. The maximum absolute atomic E-state index is 12.9. The van der Waals surface area contributed by atoms with Gasteiger partial charge in [-0.15, -0.1) is 0 Å². The molecule has 0 spiro atoms.